The summed E-state index contributed by atoms with van der Waals surface area (Å²) in [5.41, 5.74) is 2.16. The molecule has 0 aliphatic carbocycles. The van der Waals surface area contributed by atoms with Gasteiger partial charge in [-0.3, -0.25) is 9.97 Å². The lowest BCUT2D eigenvalue weighted by atomic mass is 10.1. The van der Waals surface area contributed by atoms with Crippen LogP contribution >= 0.6 is 0 Å². The monoisotopic (exact) mass is 284 g/mol. The number of nitrogens with zero attached hydrogens (tertiary/aromatic N) is 4. The molecule has 0 radical (unpaired) electrons. The summed E-state index contributed by atoms with van der Waals surface area (Å²) in [6, 6.07) is 6.46. The van der Waals surface area contributed by atoms with Gasteiger partial charge in [-0.1, -0.05) is 6.07 Å². The zero-order valence-electron chi connectivity index (χ0n) is 12.5. The minimum Gasteiger partial charge on any atom is -0.477 e. The molecule has 0 amide bonds. The largest absolute Gasteiger partial charge is 0.477 e. The van der Waals surface area contributed by atoms with Crippen LogP contribution in [0.4, 0.5) is 5.82 Å². The maximum atomic E-state index is 5.45. The van der Waals surface area contributed by atoms with Crippen LogP contribution in [0.5, 0.6) is 5.88 Å². The molecule has 1 fully saturated rings. The van der Waals surface area contributed by atoms with Crippen molar-refractivity contribution in [3.05, 3.63) is 42.0 Å². The molecule has 0 N–H and O–H groups in total. The Bertz CT molecular complexity index is 617. The third kappa shape index (κ3) is 2.96. The van der Waals surface area contributed by atoms with Gasteiger partial charge in [-0.05, 0) is 38.8 Å². The first-order valence-corrected chi connectivity index (χ1v) is 7.43. The Morgan fingerprint density at radius 2 is 2.19 bits per heavy atom. The number of hydrogen-bond acceptors (Lipinski definition) is 5. The summed E-state index contributed by atoms with van der Waals surface area (Å²) in [7, 11) is 0. The molecule has 2 aromatic rings. The molecule has 21 heavy (non-hydrogen) atoms. The molecule has 5 heteroatoms. The van der Waals surface area contributed by atoms with Crippen LogP contribution in [0.3, 0.4) is 0 Å². The number of pyridine rings is 1. The molecule has 1 atom stereocenters. The summed E-state index contributed by atoms with van der Waals surface area (Å²) < 4.78 is 5.45. The predicted molar refractivity (Wildman–Crippen MR) is 81.5 cm³/mol. The van der Waals surface area contributed by atoms with Crippen LogP contribution in [-0.4, -0.2) is 28.1 Å². The van der Waals surface area contributed by atoms with E-state index in [9.17, 15) is 0 Å². The van der Waals surface area contributed by atoms with E-state index in [1.165, 1.54) is 0 Å². The van der Waals surface area contributed by atoms with Gasteiger partial charge in [-0.25, -0.2) is 0 Å². The van der Waals surface area contributed by atoms with Gasteiger partial charge in [0, 0.05) is 12.2 Å². The third-order valence-electron chi connectivity index (χ3n) is 3.69. The van der Waals surface area contributed by atoms with Gasteiger partial charge in [0.15, 0.2) is 5.82 Å². The average molecular weight is 284 g/mol. The summed E-state index contributed by atoms with van der Waals surface area (Å²) >= 11 is 0. The van der Waals surface area contributed by atoms with E-state index in [1.807, 2.05) is 19.9 Å². The van der Waals surface area contributed by atoms with Crippen molar-refractivity contribution in [2.24, 2.45) is 0 Å². The van der Waals surface area contributed by atoms with Crippen molar-refractivity contribution in [3.8, 4) is 5.88 Å². The Labute approximate surface area is 125 Å². The minimum atomic E-state index is 0.274. The second-order valence-corrected chi connectivity index (χ2v) is 5.20. The van der Waals surface area contributed by atoms with Crippen LogP contribution in [0.15, 0.2) is 30.6 Å². The molecular weight excluding hydrogens is 264 g/mol. The predicted octanol–water partition coefficient (Wildman–Crippen LogP) is 2.92. The number of hydrogen-bond donors (Lipinski definition) is 0. The lowest BCUT2D eigenvalue weighted by molar-refractivity contribution is 0.325. The van der Waals surface area contributed by atoms with E-state index in [0.717, 1.165) is 36.6 Å². The minimum absolute atomic E-state index is 0.274. The third-order valence-corrected chi connectivity index (χ3v) is 3.69. The normalized spacial score (nSPS) is 18.0. The zero-order valence-corrected chi connectivity index (χ0v) is 12.5. The van der Waals surface area contributed by atoms with Crippen molar-refractivity contribution < 1.29 is 4.74 Å². The smallest absolute Gasteiger partial charge is 0.234 e. The van der Waals surface area contributed by atoms with E-state index in [4.69, 9.17) is 4.74 Å². The second-order valence-electron chi connectivity index (χ2n) is 5.20. The number of aryl methyl sites for hydroxylation is 1. The Kier molecular flexibility index (Phi) is 3.99. The topological polar surface area (TPSA) is 51.1 Å². The number of anilines is 1. The van der Waals surface area contributed by atoms with Crippen LogP contribution < -0.4 is 9.64 Å². The second kappa shape index (κ2) is 6.08. The van der Waals surface area contributed by atoms with E-state index in [0.29, 0.717) is 12.5 Å². The van der Waals surface area contributed by atoms with Gasteiger partial charge in [-0.2, -0.15) is 4.98 Å². The van der Waals surface area contributed by atoms with Crippen LogP contribution in [0.1, 0.15) is 37.2 Å². The summed E-state index contributed by atoms with van der Waals surface area (Å²) in [6.45, 7) is 5.55. The Morgan fingerprint density at radius 3 is 3.00 bits per heavy atom. The van der Waals surface area contributed by atoms with E-state index in [1.54, 1.807) is 12.4 Å². The molecule has 1 unspecified atom stereocenters. The standard InChI is InChI=1S/C16H20N4O/c1-3-21-16-11-17-10-15(19-16)20-9-5-8-14(20)13-7-4-6-12(2)18-13/h4,6-7,10-11,14H,3,5,8-9H2,1-2H3. The van der Waals surface area contributed by atoms with Crippen LogP contribution in [0, 0.1) is 6.92 Å². The number of rotatable bonds is 4. The Morgan fingerprint density at radius 1 is 1.29 bits per heavy atom. The van der Waals surface area contributed by atoms with E-state index < -0.39 is 0 Å². The zero-order chi connectivity index (χ0) is 14.7. The highest BCUT2D eigenvalue weighted by Crippen LogP contribution is 2.34. The van der Waals surface area contributed by atoms with Gasteiger partial charge in [0.25, 0.3) is 0 Å². The van der Waals surface area contributed by atoms with E-state index in [-0.39, 0.29) is 6.04 Å². The molecule has 110 valence electrons. The molecule has 2 aromatic heterocycles. The first-order valence-electron chi connectivity index (χ1n) is 7.43. The molecule has 1 aliphatic rings. The highest BCUT2D eigenvalue weighted by molar-refractivity contribution is 5.42. The highest BCUT2D eigenvalue weighted by atomic mass is 16.5. The van der Waals surface area contributed by atoms with Gasteiger partial charge in [0.05, 0.1) is 30.7 Å². The van der Waals surface area contributed by atoms with Crippen molar-refractivity contribution in [2.75, 3.05) is 18.1 Å². The molecule has 5 nitrogen and oxygen atoms in total. The van der Waals surface area contributed by atoms with Crippen molar-refractivity contribution >= 4 is 5.82 Å². The first-order chi connectivity index (χ1) is 10.3. The lowest BCUT2D eigenvalue weighted by Crippen LogP contribution is -2.24. The molecule has 0 bridgehead atoms. The molecule has 1 aliphatic heterocycles. The molecular formula is C16H20N4O. The summed E-state index contributed by atoms with van der Waals surface area (Å²) in [5, 5.41) is 0. The van der Waals surface area contributed by atoms with Gasteiger partial charge in [-0.15, -0.1) is 0 Å². The van der Waals surface area contributed by atoms with Crippen LogP contribution in [0.2, 0.25) is 0 Å². The van der Waals surface area contributed by atoms with Gasteiger partial charge in [0.1, 0.15) is 0 Å². The molecule has 1 saturated heterocycles. The molecule has 0 aromatic carbocycles. The summed E-state index contributed by atoms with van der Waals surface area (Å²) in [5.74, 6) is 1.45. The Hall–Kier alpha value is -2.17. The Balaban J connectivity index is 1.88. The van der Waals surface area contributed by atoms with E-state index in [2.05, 4.69) is 32.0 Å². The molecule has 0 saturated carbocycles. The first kappa shape index (κ1) is 13.8. The van der Waals surface area contributed by atoms with Crippen LogP contribution in [-0.2, 0) is 0 Å². The van der Waals surface area contributed by atoms with Crippen molar-refractivity contribution in [1.82, 2.24) is 15.0 Å². The quantitative estimate of drug-likeness (QED) is 0.864. The average Bonchev–Trinajstić information content (AvgIpc) is 2.97. The SMILES string of the molecule is CCOc1cncc(N2CCCC2c2cccc(C)n2)n1. The maximum Gasteiger partial charge on any atom is 0.234 e. The fourth-order valence-corrected chi connectivity index (χ4v) is 2.79. The van der Waals surface area contributed by atoms with Crippen molar-refractivity contribution in [1.29, 1.82) is 0 Å². The fraction of sp³-hybridized carbons (Fsp3) is 0.438. The number of ether oxygens (including phenoxy) is 1. The van der Waals surface area contributed by atoms with Gasteiger partial charge in [0.2, 0.25) is 5.88 Å². The molecule has 3 rings (SSSR count). The molecule has 3 heterocycles. The fourth-order valence-electron chi connectivity index (χ4n) is 2.79. The van der Waals surface area contributed by atoms with Crippen molar-refractivity contribution in [3.63, 3.8) is 0 Å². The maximum absolute atomic E-state index is 5.45. The van der Waals surface area contributed by atoms with E-state index >= 15 is 0 Å². The van der Waals surface area contributed by atoms with Crippen LogP contribution in [0.25, 0.3) is 0 Å². The molecule has 0 spiro atoms. The summed E-state index contributed by atoms with van der Waals surface area (Å²) in [6.07, 6.45) is 5.69. The van der Waals surface area contributed by atoms with Crippen molar-refractivity contribution in [2.45, 2.75) is 32.7 Å². The summed E-state index contributed by atoms with van der Waals surface area (Å²) in [4.78, 5) is 15.7. The van der Waals surface area contributed by atoms with Gasteiger partial charge < -0.3 is 9.64 Å². The lowest BCUT2D eigenvalue weighted by Gasteiger charge is -2.25. The van der Waals surface area contributed by atoms with Gasteiger partial charge >= 0.3 is 0 Å². The number of aromatic nitrogens is 3. The highest BCUT2D eigenvalue weighted by Gasteiger charge is 2.28.